The van der Waals surface area contributed by atoms with Crippen LogP contribution in [0, 0.1) is 0 Å². The van der Waals surface area contributed by atoms with Crippen molar-refractivity contribution in [1.82, 2.24) is 5.32 Å². The predicted molar refractivity (Wildman–Crippen MR) is 80.4 cm³/mol. The summed E-state index contributed by atoms with van der Waals surface area (Å²) in [4.78, 5) is 0. The Bertz CT molecular complexity index is 449. The lowest BCUT2D eigenvalue weighted by atomic mass is 9.74. The third kappa shape index (κ3) is 2.82. The van der Waals surface area contributed by atoms with Gasteiger partial charge in [0.15, 0.2) is 0 Å². The van der Waals surface area contributed by atoms with E-state index in [-0.39, 0.29) is 5.41 Å². The quantitative estimate of drug-likeness (QED) is 0.830. The number of hydrogen-bond donors (Lipinski definition) is 1. The van der Waals surface area contributed by atoms with Crippen molar-refractivity contribution in [2.24, 2.45) is 0 Å². The number of thiophene rings is 1. The van der Waals surface area contributed by atoms with Crippen LogP contribution >= 0.6 is 11.3 Å². The van der Waals surface area contributed by atoms with Crippen molar-refractivity contribution in [2.75, 3.05) is 13.6 Å². The minimum atomic E-state index is 0.205. The molecule has 1 atom stereocenters. The Labute approximate surface area is 114 Å². The molecule has 0 radical (unpaired) electrons. The van der Waals surface area contributed by atoms with Crippen molar-refractivity contribution in [3.05, 3.63) is 58.3 Å². The standard InChI is InChI=1S/C16H21NS/c1-3-16(13-17-2,11-14-9-10-18-12-14)15-7-5-4-6-8-15/h4-10,12,17H,3,11,13H2,1-2H3. The van der Waals surface area contributed by atoms with E-state index in [9.17, 15) is 0 Å². The summed E-state index contributed by atoms with van der Waals surface area (Å²) in [6.07, 6.45) is 2.26. The van der Waals surface area contributed by atoms with Gasteiger partial charge in [0.1, 0.15) is 0 Å². The minimum Gasteiger partial charge on any atom is -0.319 e. The van der Waals surface area contributed by atoms with Gasteiger partial charge in [0.25, 0.3) is 0 Å². The zero-order chi connectivity index (χ0) is 12.8. The van der Waals surface area contributed by atoms with Gasteiger partial charge in [0.05, 0.1) is 0 Å². The van der Waals surface area contributed by atoms with E-state index in [4.69, 9.17) is 0 Å². The fraction of sp³-hybridized carbons (Fsp3) is 0.375. The molecule has 0 aliphatic heterocycles. The van der Waals surface area contributed by atoms with Gasteiger partial charge < -0.3 is 5.32 Å². The summed E-state index contributed by atoms with van der Waals surface area (Å²) in [6.45, 7) is 3.31. The molecule has 0 aliphatic carbocycles. The molecule has 2 heteroatoms. The topological polar surface area (TPSA) is 12.0 Å². The maximum Gasteiger partial charge on any atom is 0.0116 e. The Morgan fingerprint density at radius 2 is 1.94 bits per heavy atom. The average molecular weight is 259 g/mol. The molecule has 1 aromatic carbocycles. The maximum absolute atomic E-state index is 3.37. The van der Waals surface area contributed by atoms with Crippen LogP contribution in [0.5, 0.6) is 0 Å². The first-order valence-electron chi connectivity index (χ1n) is 6.52. The second kappa shape index (κ2) is 6.17. The molecule has 0 amide bonds. The summed E-state index contributed by atoms with van der Waals surface area (Å²) in [6, 6.07) is 13.1. The highest BCUT2D eigenvalue weighted by atomic mass is 32.1. The second-order valence-corrected chi connectivity index (χ2v) is 5.62. The average Bonchev–Trinajstić information content (AvgIpc) is 2.92. The first-order chi connectivity index (χ1) is 8.80. The first kappa shape index (κ1) is 13.3. The van der Waals surface area contributed by atoms with Crippen molar-refractivity contribution >= 4 is 11.3 Å². The summed E-state index contributed by atoms with van der Waals surface area (Å²) in [5, 5.41) is 7.81. The third-order valence-electron chi connectivity index (χ3n) is 3.70. The molecule has 2 aromatic rings. The zero-order valence-electron chi connectivity index (χ0n) is 11.1. The highest BCUT2D eigenvalue weighted by Gasteiger charge is 2.29. The normalized spacial score (nSPS) is 14.3. The van der Waals surface area contributed by atoms with Crippen molar-refractivity contribution in [3.63, 3.8) is 0 Å². The van der Waals surface area contributed by atoms with Crippen molar-refractivity contribution in [2.45, 2.75) is 25.2 Å². The van der Waals surface area contributed by atoms with E-state index < -0.39 is 0 Å². The highest BCUT2D eigenvalue weighted by Crippen LogP contribution is 2.32. The van der Waals surface area contributed by atoms with E-state index in [1.54, 1.807) is 11.3 Å². The molecule has 1 N–H and O–H groups in total. The number of rotatable bonds is 6. The molecule has 2 rings (SSSR count). The highest BCUT2D eigenvalue weighted by molar-refractivity contribution is 7.07. The largest absolute Gasteiger partial charge is 0.319 e. The Kier molecular flexibility index (Phi) is 4.56. The molecule has 1 heterocycles. The number of hydrogen-bond acceptors (Lipinski definition) is 2. The molecule has 1 nitrogen and oxygen atoms in total. The van der Waals surface area contributed by atoms with Crippen LogP contribution in [0.4, 0.5) is 0 Å². The molecule has 96 valence electrons. The van der Waals surface area contributed by atoms with E-state index in [1.165, 1.54) is 11.1 Å². The number of benzene rings is 1. The van der Waals surface area contributed by atoms with Gasteiger partial charge in [-0.15, -0.1) is 0 Å². The fourth-order valence-corrected chi connectivity index (χ4v) is 3.30. The molecule has 18 heavy (non-hydrogen) atoms. The lowest BCUT2D eigenvalue weighted by Crippen LogP contribution is -2.38. The molecule has 0 fully saturated rings. The summed E-state index contributed by atoms with van der Waals surface area (Å²) in [5.41, 5.74) is 3.09. The van der Waals surface area contributed by atoms with Gasteiger partial charge in [-0.3, -0.25) is 0 Å². The lowest BCUT2D eigenvalue weighted by Gasteiger charge is -2.33. The molecule has 0 bridgehead atoms. The second-order valence-electron chi connectivity index (χ2n) is 4.84. The van der Waals surface area contributed by atoms with Gasteiger partial charge in [0.2, 0.25) is 0 Å². The van der Waals surface area contributed by atoms with Crippen molar-refractivity contribution < 1.29 is 0 Å². The summed E-state index contributed by atoms with van der Waals surface area (Å²) in [5.74, 6) is 0. The van der Waals surface area contributed by atoms with Gasteiger partial charge in [-0.2, -0.15) is 11.3 Å². The summed E-state index contributed by atoms with van der Waals surface area (Å²) in [7, 11) is 2.04. The van der Waals surface area contributed by atoms with Gasteiger partial charge >= 0.3 is 0 Å². The maximum atomic E-state index is 3.37. The van der Waals surface area contributed by atoms with Gasteiger partial charge in [0, 0.05) is 12.0 Å². The van der Waals surface area contributed by atoms with E-state index in [2.05, 4.69) is 59.4 Å². The van der Waals surface area contributed by atoms with Crippen LogP contribution in [0.1, 0.15) is 24.5 Å². The third-order valence-corrected chi connectivity index (χ3v) is 4.43. The molecule has 0 aliphatic rings. The van der Waals surface area contributed by atoms with Crippen LogP contribution in [-0.4, -0.2) is 13.6 Å². The SMILES string of the molecule is CCC(CNC)(Cc1ccsc1)c1ccccc1. The fourth-order valence-electron chi connectivity index (χ4n) is 2.63. The Morgan fingerprint density at radius 3 is 2.50 bits per heavy atom. The van der Waals surface area contributed by atoms with E-state index in [0.29, 0.717) is 0 Å². The Hall–Kier alpha value is -1.12. The minimum absolute atomic E-state index is 0.205. The number of likely N-dealkylation sites (N-methyl/N-ethyl adjacent to an activating group) is 1. The van der Waals surface area contributed by atoms with Crippen molar-refractivity contribution in [3.8, 4) is 0 Å². The van der Waals surface area contributed by atoms with Crippen molar-refractivity contribution in [1.29, 1.82) is 0 Å². The molecule has 0 saturated heterocycles. The lowest BCUT2D eigenvalue weighted by molar-refractivity contribution is 0.391. The van der Waals surface area contributed by atoms with Crippen LogP contribution in [0.25, 0.3) is 0 Å². The monoisotopic (exact) mass is 259 g/mol. The molecule has 1 unspecified atom stereocenters. The molecule has 1 aromatic heterocycles. The predicted octanol–water partition coefficient (Wildman–Crippen LogP) is 3.86. The van der Waals surface area contributed by atoms with Gasteiger partial charge in [-0.1, -0.05) is 37.3 Å². The zero-order valence-corrected chi connectivity index (χ0v) is 12.0. The smallest absolute Gasteiger partial charge is 0.0116 e. The van der Waals surface area contributed by atoms with E-state index >= 15 is 0 Å². The van der Waals surface area contributed by atoms with E-state index in [0.717, 1.165) is 19.4 Å². The molecule has 0 spiro atoms. The summed E-state index contributed by atoms with van der Waals surface area (Å²) >= 11 is 1.78. The molecule has 0 saturated carbocycles. The van der Waals surface area contributed by atoms with Crippen LogP contribution in [0.2, 0.25) is 0 Å². The van der Waals surface area contributed by atoms with Gasteiger partial charge in [-0.05, 0) is 47.8 Å². The van der Waals surface area contributed by atoms with E-state index in [1.807, 2.05) is 7.05 Å². The van der Waals surface area contributed by atoms with Crippen LogP contribution in [-0.2, 0) is 11.8 Å². The van der Waals surface area contributed by atoms with Crippen LogP contribution in [0.3, 0.4) is 0 Å². The van der Waals surface area contributed by atoms with Crippen LogP contribution < -0.4 is 5.32 Å². The number of nitrogens with one attached hydrogen (secondary N) is 1. The van der Waals surface area contributed by atoms with Crippen LogP contribution in [0.15, 0.2) is 47.2 Å². The molecular formula is C16H21NS. The Balaban J connectivity index is 2.33. The first-order valence-corrected chi connectivity index (χ1v) is 7.46. The Morgan fingerprint density at radius 1 is 1.17 bits per heavy atom. The van der Waals surface area contributed by atoms with Gasteiger partial charge in [-0.25, -0.2) is 0 Å². The molecular weight excluding hydrogens is 238 g/mol. The summed E-state index contributed by atoms with van der Waals surface area (Å²) < 4.78 is 0.